The molecule has 1 saturated heterocycles. The predicted molar refractivity (Wildman–Crippen MR) is 145 cm³/mol. The number of likely N-dealkylation sites (tertiary alicyclic amines) is 1. The van der Waals surface area contributed by atoms with E-state index in [1.165, 1.54) is 0 Å². The molecule has 0 saturated carbocycles. The summed E-state index contributed by atoms with van der Waals surface area (Å²) in [6, 6.07) is 18.7. The van der Waals surface area contributed by atoms with Crippen LogP contribution in [0.25, 0.3) is 33.3 Å². The van der Waals surface area contributed by atoms with Crippen molar-refractivity contribution in [1.29, 1.82) is 0 Å². The molecule has 1 aliphatic rings. The minimum absolute atomic E-state index is 0.0800. The second-order valence-electron chi connectivity index (χ2n) is 9.32. The van der Waals surface area contributed by atoms with Gasteiger partial charge in [0.1, 0.15) is 23.6 Å². The smallest absolute Gasteiger partial charge is 0.410 e. The quantitative estimate of drug-likeness (QED) is 0.243. The lowest BCUT2D eigenvalue weighted by Gasteiger charge is -2.23. The van der Waals surface area contributed by atoms with E-state index in [0.717, 1.165) is 39.7 Å². The van der Waals surface area contributed by atoms with Crippen molar-refractivity contribution in [2.75, 3.05) is 6.54 Å². The van der Waals surface area contributed by atoms with Gasteiger partial charge in [0, 0.05) is 16.6 Å². The summed E-state index contributed by atoms with van der Waals surface area (Å²) in [6.07, 6.45) is 3.14. The van der Waals surface area contributed by atoms with Crippen molar-refractivity contribution in [2.24, 2.45) is 0 Å². The number of fused-ring (bicyclic) bond motifs is 2. The average molecular weight is 558 g/mol. The number of H-pyrrole nitrogens is 1. The first-order valence-corrected chi connectivity index (χ1v) is 13.0. The molecule has 3 aromatic carbocycles. The minimum atomic E-state index is -0.334. The van der Waals surface area contributed by atoms with Crippen molar-refractivity contribution >= 4 is 44.0 Å². The van der Waals surface area contributed by atoms with Gasteiger partial charge in [-0.25, -0.2) is 9.78 Å². The van der Waals surface area contributed by atoms with Crippen LogP contribution in [0.4, 0.5) is 4.79 Å². The van der Waals surface area contributed by atoms with Crippen LogP contribution >= 0.6 is 15.9 Å². The van der Waals surface area contributed by atoms with Crippen LogP contribution in [0.1, 0.15) is 35.7 Å². The number of nitrogens with zero attached hydrogens (tertiary/aromatic N) is 2. The molecule has 1 atom stereocenters. The number of ether oxygens (including phenoxy) is 1. The molecular weight excluding hydrogens is 534 g/mol. The van der Waals surface area contributed by atoms with Crippen LogP contribution in [0.2, 0.25) is 0 Å². The lowest BCUT2D eigenvalue weighted by molar-refractivity contribution is 0.0915. The van der Waals surface area contributed by atoms with E-state index in [1.54, 1.807) is 23.2 Å². The summed E-state index contributed by atoms with van der Waals surface area (Å²) in [5.74, 6) is 0.632. The molecule has 5 aromatic rings. The van der Waals surface area contributed by atoms with E-state index >= 15 is 0 Å². The molecule has 6 rings (SSSR count). The topological polar surface area (TPSA) is 88.4 Å². The van der Waals surface area contributed by atoms with Gasteiger partial charge in [-0.3, -0.25) is 9.69 Å². The van der Waals surface area contributed by atoms with E-state index in [4.69, 9.17) is 9.15 Å². The third-order valence-electron chi connectivity index (χ3n) is 6.87. The number of hydrogen-bond donors (Lipinski definition) is 1. The molecule has 0 aliphatic carbocycles. The van der Waals surface area contributed by atoms with Gasteiger partial charge in [0.2, 0.25) is 5.43 Å². The summed E-state index contributed by atoms with van der Waals surface area (Å²) in [6.45, 7) is 2.81. The Morgan fingerprint density at radius 1 is 1.14 bits per heavy atom. The molecule has 0 unspecified atom stereocenters. The third kappa shape index (κ3) is 4.42. The number of amides is 1. The number of aromatic nitrogens is 2. The van der Waals surface area contributed by atoms with Crippen molar-refractivity contribution in [3.05, 3.63) is 98.4 Å². The number of carbonyl (C=O) groups excluding carboxylic acids is 1. The number of nitrogens with one attached hydrogen (secondary N) is 1. The lowest BCUT2D eigenvalue weighted by Crippen LogP contribution is -2.31. The molecule has 1 aliphatic heterocycles. The normalized spacial score (nSPS) is 15.5. The van der Waals surface area contributed by atoms with Crippen LogP contribution in [0.3, 0.4) is 0 Å². The van der Waals surface area contributed by atoms with Crippen LogP contribution in [0.5, 0.6) is 0 Å². The highest BCUT2D eigenvalue weighted by molar-refractivity contribution is 9.10. The Labute approximate surface area is 221 Å². The molecule has 0 spiro atoms. The first-order valence-electron chi connectivity index (χ1n) is 12.2. The van der Waals surface area contributed by atoms with Crippen LogP contribution in [0.15, 0.2) is 80.5 Å². The number of benzene rings is 3. The summed E-state index contributed by atoms with van der Waals surface area (Å²) in [4.78, 5) is 35.8. The Balaban J connectivity index is 1.26. The highest BCUT2D eigenvalue weighted by Crippen LogP contribution is 2.33. The van der Waals surface area contributed by atoms with E-state index < -0.39 is 0 Å². The highest BCUT2D eigenvalue weighted by Gasteiger charge is 2.32. The van der Waals surface area contributed by atoms with Crippen molar-refractivity contribution in [3.8, 4) is 11.4 Å². The van der Waals surface area contributed by atoms with Crippen LogP contribution in [-0.2, 0) is 11.3 Å². The number of aryl methyl sites for hydroxylation is 1. The number of rotatable bonds is 4. The largest absolute Gasteiger partial charge is 0.456 e. The summed E-state index contributed by atoms with van der Waals surface area (Å²) < 4.78 is 12.5. The maximum absolute atomic E-state index is 13.3. The van der Waals surface area contributed by atoms with Gasteiger partial charge in [0.25, 0.3) is 0 Å². The third-order valence-corrected chi connectivity index (χ3v) is 7.72. The van der Waals surface area contributed by atoms with E-state index in [2.05, 4.69) is 25.9 Å². The number of hydrogen-bond acceptors (Lipinski definition) is 5. The van der Waals surface area contributed by atoms with E-state index in [-0.39, 0.29) is 24.2 Å². The van der Waals surface area contributed by atoms with Crippen LogP contribution in [-0.4, -0.2) is 27.5 Å². The van der Waals surface area contributed by atoms with Crippen molar-refractivity contribution < 1.29 is 13.9 Å². The summed E-state index contributed by atoms with van der Waals surface area (Å²) >= 11 is 3.50. The van der Waals surface area contributed by atoms with Gasteiger partial charge in [0.15, 0.2) is 0 Å². The monoisotopic (exact) mass is 557 g/mol. The molecular formula is C29H24BrN3O4. The molecule has 37 heavy (non-hydrogen) atoms. The first kappa shape index (κ1) is 23.5. The fourth-order valence-electron chi connectivity index (χ4n) is 4.89. The predicted octanol–water partition coefficient (Wildman–Crippen LogP) is 6.88. The standard InChI is InChI=1S/C29H24BrN3O4/c1-17-12-20-26(14-22(17)30)37-25-10-9-19(13-21(25)27(20)34)28-31-15-23(32-28)24-8-5-11-33(24)29(35)36-16-18-6-3-2-4-7-18/h2-4,6-7,9-10,12-15,24H,5,8,11,16H2,1H3,(H,31,32)/t24-/m0/s1. The van der Waals surface area contributed by atoms with Gasteiger partial charge in [-0.1, -0.05) is 46.3 Å². The maximum Gasteiger partial charge on any atom is 0.410 e. The zero-order valence-corrected chi connectivity index (χ0v) is 21.7. The molecule has 1 N–H and O–H groups in total. The van der Waals surface area contributed by atoms with Gasteiger partial charge in [-0.2, -0.15) is 0 Å². The van der Waals surface area contributed by atoms with E-state index in [0.29, 0.717) is 34.3 Å². The number of aromatic amines is 1. The molecule has 0 radical (unpaired) electrons. The number of imidazole rings is 1. The van der Waals surface area contributed by atoms with Gasteiger partial charge in [-0.15, -0.1) is 0 Å². The lowest BCUT2D eigenvalue weighted by atomic mass is 10.1. The Hall–Kier alpha value is -3.91. The van der Waals surface area contributed by atoms with Crippen molar-refractivity contribution in [2.45, 2.75) is 32.4 Å². The highest BCUT2D eigenvalue weighted by atomic mass is 79.9. The SMILES string of the molecule is Cc1cc2c(=O)c3cc(-c4ncc([C@@H]5CCCN5C(=O)OCc5ccccc5)[nH]4)ccc3oc2cc1Br. The molecule has 2 aromatic heterocycles. The van der Waals surface area contributed by atoms with Gasteiger partial charge < -0.3 is 14.1 Å². The van der Waals surface area contributed by atoms with Gasteiger partial charge in [0.05, 0.1) is 28.7 Å². The van der Waals surface area contributed by atoms with Crippen LogP contribution in [0, 0.1) is 6.92 Å². The number of carbonyl (C=O) groups is 1. The molecule has 1 amide bonds. The van der Waals surface area contributed by atoms with Crippen LogP contribution < -0.4 is 5.43 Å². The Bertz CT molecular complexity index is 1690. The summed E-state index contributed by atoms with van der Waals surface area (Å²) in [5, 5.41) is 1.04. The molecule has 3 heterocycles. The van der Waals surface area contributed by atoms with Crippen molar-refractivity contribution in [3.63, 3.8) is 0 Å². The Kier molecular flexibility index (Phi) is 6.04. The summed E-state index contributed by atoms with van der Waals surface area (Å²) in [5.41, 5.74) is 4.52. The molecule has 186 valence electrons. The Morgan fingerprint density at radius 2 is 1.95 bits per heavy atom. The second kappa shape index (κ2) is 9.52. The molecule has 1 fully saturated rings. The maximum atomic E-state index is 13.3. The summed E-state index contributed by atoms with van der Waals surface area (Å²) in [7, 11) is 0. The van der Waals surface area contributed by atoms with Crippen molar-refractivity contribution in [1.82, 2.24) is 14.9 Å². The van der Waals surface area contributed by atoms with Gasteiger partial charge in [-0.05, 0) is 61.2 Å². The first-order chi connectivity index (χ1) is 18.0. The Morgan fingerprint density at radius 3 is 2.78 bits per heavy atom. The molecule has 7 nitrogen and oxygen atoms in total. The number of halogens is 1. The molecule has 8 heteroatoms. The molecule has 0 bridgehead atoms. The van der Waals surface area contributed by atoms with E-state index in [1.807, 2.05) is 55.5 Å². The zero-order chi connectivity index (χ0) is 25.5. The fourth-order valence-corrected chi connectivity index (χ4v) is 5.22. The minimum Gasteiger partial charge on any atom is -0.456 e. The zero-order valence-electron chi connectivity index (χ0n) is 20.2. The fraction of sp³-hybridized carbons (Fsp3) is 0.207. The average Bonchev–Trinajstić information content (AvgIpc) is 3.59. The van der Waals surface area contributed by atoms with Gasteiger partial charge >= 0.3 is 6.09 Å². The second-order valence-corrected chi connectivity index (χ2v) is 10.2. The van der Waals surface area contributed by atoms with E-state index in [9.17, 15) is 9.59 Å².